The maximum Gasteiger partial charge on any atom is 0.216 e. The summed E-state index contributed by atoms with van der Waals surface area (Å²) in [6, 6.07) is 15.2. The summed E-state index contributed by atoms with van der Waals surface area (Å²) in [6.07, 6.45) is 1.66. The van der Waals surface area contributed by atoms with E-state index in [9.17, 15) is 0 Å². The van der Waals surface area contributed by atoms with Crippen molar-refractivity contribution < 1.29 is 0 Å². The van der Waals surface area contributed by atoms with E-state index in [0.29, 0.717) is 15.6 Å². The molecule has 7 heteroatoms. The fourth-order valence-electron chi connectivity index (χ4n) is 1.92. The lowest BCUT2D eigenvalue weighted by atomic mass is 10.2. The minimum Gasteiger partial charge on any atom is -0.250 e. The molecule has 0 aliphatic heterocycles. The second-order valence-corrected chi connectivity index (χ2v) is 6.06. The Kier molecular flexibility index (Phi) is 4.52. The molecule has 110 valence electrons. The van der Waals surface area contributed by atoms with Crippen LogP contribution >= 0.6 is 39.7 Å². The molecule has 0 saturated heterocycles. The molecule has 0 saturated carbocycles. The van der Waals surface area contributed by atoms with Gasteiger partial charge < -0.3 is 0 Å². The fourth-order valence-corrected chi connectivity index (χ4v) is 2.74. The maximum absolute atomic E-state index is 6.13. The second-order valence-electron chi connectivity index (χ2n) is 4.41. The standard InChI is InChI=1S/C15H10BrClN4S/c16-12-7-3-2-6-11(12)14-19-20-15(22)21(14)18-9-10-5-1-4-8-13(10)17/h1-9H,(H,20,22)/b18-9-. The summed E-state index contributed by atoms with van der Waals surface area (Å²) in [5.74, 6) is 0.626. The average molecular weight is 394 g/mol. The van der Waals surface area contributed by atoms with E-state index in [0.717, 1.165) is 15.6 Å². The van der Waals surface area contributed by atoms with Gasteiger partial charge >= 0.3 is 0 Å². The number of halogens is 2. The van der Waals surface area contributed by atoms with Crippen LogP contribution in [-0.4, -0.2) is 21.1 Å². The molecule has 22 heavy (non-hydrogen) atoms. The van der Waals surface area contributed by atoms with Gasteiger partial charge in [0.05, 0.1) is 6.21 Å². The van der Waals surface area contributed by atoms with Crippen molar-refractivity contribution in [3.8, 4) is 11.4 Å². The number of H-pyrrole nitrogens is 1. The Morgan fingerprint density at radius 2 is 1.91 bits per heavy atom. The topological polar surface area (TPSA) is 46.0 Å². The molecule has 1 N–H and O–H groups in total. The van der Waals surface area contributed by atoms with Crippen LogP contribution in [0.2, 0.25) is 5.02 Å². The Morgan fingerprint density at radius 3 is 2.68 bits per heavy atom. The van der Waals surface area contributed by atoms with Gasteiger partial charge in [0.1, 0.15) is 0 Å². The summed E-state index contributed by atoms with van der Waals surface area (Å²) in [4.78, 5) is 0. The van der Waals surface area contributed by atoms with Crippen molar-refractivity contribution >= 4 is 46.0 Å². The molecular weight excluding hydrogens is 384 g/mol. The summed E-state index contributed by atoms with van der Waals surface area (Å²) in [5.41, 5.74) is 1.71. The molecule has 0 atom stereocenters. The van der Waals surface area contributed by atoms with Crippen LogP contribution in [0.15, 0.2) is 58.1 Å². The second kappa shape index (κ2) is 6.56. The molecule has 0 bridgehead atoms. The van der Waals surface area contributed by atoms with Gasteiger partial charge in [-0.05, 0) is 30.4 Å². The van der Waals surface area contributed by atoms with Crippen LogP contribution in [0.5, 0.6) is 0 Å². The fraction of sp³-hybridized carbons (Fsp3) is 0. The van der Waals surface area contributed by atoms with E-state index in [2.05, 4.69) is 31.2 Å². The van der Waals surface area contributed by atoms with Crippen molar-refractivity contribution in [3.05, 3.63) is 68.4 Å². The highest BCUT2D eigenvalue weighted by atomic mass is 79.9. The maximum atomic E-state index is 6.13. The Balaban J connectivity index is 2.06. The van der Waals surface area contributed by atoms with Gasteiger partial charge in [0.2, 0.25) is 4.77 Å². The van der Waals surface area contributed by atoms with E-state index in [1.165, 1.54) is 0 Å². The van der Waals surface area contributed by atoms with Crippen molar-refractivity contribution in [2.75, 3.05) is 0 Å². The lowest BCUT2D eigenvalue weighted by Gasteiger charge is -2.03. The predicted octanol–water partition coefficient (Wildman–Crippen LogP) is 4.91. The number of hydrogen-bond donors (Lipinski definition) is 1. The molecule has 0 amide bonds. The molecule has 3 aromatic rings. The van der Waals surface area contributed by atoms with Crippen molar-refractivity contribution in [1.29, 1.82) is 0 Å². The number of aromatic amines is 1. The Hall–Kier alpha value is -1.76. The van der Waals surface area contributed by atoms with Crippen LogP contribution in [0.3, 0.4) is 0 Å². The van der Waals surface area contributed by atoms with E-state index >= 15 is 0 Å². The van der Waals surface area contributed by atoms with Crippen LogP contribution in [0.1, 0.15) is 5.56 Å². The lowest BCUT2D eigenvalue weighted by Crippen LogP contribution is -1.96. The summed E-state index contributed by atoms with van der Waals surface area (Å²) < 4.78 is 2.89. The average Bonchev–Trinajstić information content (AvgIpc) is 2.88. The first-order valence-electron chi connectivity index (χ1n) is 6.38. The summed E-state index contributed by atoms with van der Waals surface area (Å²) in [6.45, 7) is 0. The van der Waals surface area contributed by atoms with Crippen molar-refractivity contribution in [2.24, 2.45) is 5.10 Å². The van der Waals surface area contributed by atoms with Gasteiger partial charge in [0.25, 0.3) is 0 Å². The molecule has 3 rings (SSSR count). The zero-order valence-electron chi connectivity index (χ0n) is 11.2. The molecule has 1 aromatic heterocycles. The van der Waals surface area contributed by atoms with Gasteiger partial charge in [0.15, 0.2) is 5.82 Å². The number of nitrogens with one attached hydrogen (secondary N) is 1. The first-order valence-corrected chi connectivity index (χ1v) is 7.96. The van der Waals surface area contributed by atoms with Crippen LogP contribution in [0.25, 0.3) is 11.4 Å². The third-order valence-corrected chi connectivity index (χ3v) is 4.28. The molecular formula is C15H10BrClN4S. The molecule has 0 radical (unpaired) electrons. The van der Waals surface area contributed by atoms with E-state index in [-0.39, 0.29) is 0 Å². The molecule has 0 aliphatic carbocycles. The van der Waals surface area contributed by atoms with Crippen LogP contribution < -0.4 is 0 Å². The minimum atomic E-state index is 0.411. The van der Waals surface area contributed by atoms with Crippen molar-refractivity contribution in [3.63, 3.8) is 0 Å². The smallest absolute Gasteiger partial charge is 0.216 e. The third kappa shape index (κ3) is 3.04. The monoisotopic (exact) mass is 392 g/mol. The zero-order valence-corrected chi connectivity index (χ0v) is 14.4. The molecule has 2 aromatic carbocycles. The largest absolute Gasteiger partial charge is 0.250 e. The van der Waals surface area contributed by atoms with E-state index < -0.39 is 0 Å². The number of aromatic nitrogens is 3. The van der Waals surface area contributed by atoms with Gasteiger partial charge in [-0.2, -0.15) is 14.9 Å². The van der Waals surface area contributed by atoms with Crippen LogP contribution in [0, 0.1) is 4.77 Å². The normalized spacial score (nSPS) is 11.2. The van der Waals surface area contributed by atoms with E-state index in [1.54, 1.807) is 10.9 Å². The molecule has 0 spiro atoms. The number of nitrogens with zero attached hydrogens (tertiary/aromatic N) is 3. The lowest BCUT2D eigenvalue weighted by molar-refractivity contribution is 0.871. The summed E-state index contributed by atoms with van der Waals surface area (Å²) >= 11 is 14.9. The van der Waals surface area contributed by atoms with Crippen molar-refractivity contribution in [1.82, 2.24) is 14.9 Å². The summed E-state index contributed by atoms with van der Waals surface area (Å²) in [5, 5.41) is 12.0. The number of rotatable bonds is 3. The van der Waals surface area contributed by atoms with Crippen LogP contribution in [-0.2, 0) is 0 Å². The highest BCUT2D eigenvalue weighted by Crippen LogP contribution is 2.26. The Bertz CT molecular complexity index is 900. The van der Waals surface area contributed by atoms with Gasteiger partial charge in [-0.1, -0.05) is 57.9 Å². The summed E-state index contributed by atoms with van der Waals surface area (Å²) in [7, 11) is 0. The van der Waals surface area contributed by atoms with Gasteiger partial charge in [-0.3, -0.25) is 0 Å². The molecule has 0 unspecified atom stereocenters. The van der Waals surface area contributed by atoms with Gasteiger partial charge in [0, 0.05) is 20.6 Å². The van der Waals surface area contributed by atoms with Gasteiger partial charge in [-0.25, -0.2) is 5.10 Å². The van der Waals surface area contributed by atoms with E-state index in [4.69, 9.17) is 23.8 Å². The van der Waals surface area contributed by atoms with Crippen LogP contribution in [0.4, 0.5) is 0 Å². The third-order valence-electron chi connectivity index (χ3n) is 2.98. The highest BCUT2D eigenvalue weighted by molar-refractivity contribution is 9.10. The molecule has 0 fully saturated rings. The molecule has 1 heterocycles. The Morgan fingerprint density at radius 1 is 1.18 bits per heavy atom. The zero-order chi connectivity index (χ0) is 15.5. The predicted molar refractivity (Wildman–Crippen MR) is 95.0 cm³/mol. The van der Waals surface area contributed by atoms with Crippen molar-refractivity contribution in [2.45, 2.75) is 0 Å². The highest BCUT2D eigenvalue weighted by Gasteiger charge is 2.10. The van der Waals surface area contributed by atoms with E-state index in [1.807, 2.05) is 48.5 Å². The molecule has 0 aliphatic rings. The van der Waals surface area contributed by atoms with Gasteiger partial charge in [-0.15, -0.1) is 0 Å². The Labute approximate surface area is 145 Å². The first kappa shape index (κ1) is 15.1. The SMILES string of the molecule is S=c1[nH]nc(-c2ccccc2Br)n1/N=C\c1ccccc1Cl. The minimum absolute atomic E-state index is 0.411. The quantitative estimate of drug-likeness (QED) is 0.508. The number of benzene rings is 2. The molecule has 4 nitrogen and oxygen atoms in total. The number of hydrogen-bond acceptors (Lipinski definition) is 3. The first-order chi connectivity index (χ1) is 10.7.